The summed E-state index contributed by atoms with van der Waals surface area (Å²) in [7, 11) is 3.59. The number of methoxy groups -OCH3 is 2. The molecule has 0 radical (unpaired) electrons. The molecule has 4 fully saturated rings. The lowest BCUT2D eigenvalue weighted by atomic mass is 9.70. The molecule has 338 valence electrons. The van der Waals surface area contributed by atoms with Gasteiger partial charge >= 0.3 is 0 Å². The lowest BCUT2D eigenvalue weighted by Gasteiger charge is -2.41. The van der Waals surface area contributed by atoms with Crippen LogP contribution in [0.1, 0.15) is 116 Å². The number of fused-ring (bicyclic) bond motifs is 6. The second-order valence-corrected chi connectivity index (χ2v) is 20.8. The maximum atomic E-state index is 10.5. The number of nitriles is 1. The van der Waals surface area contributed by atoms with Crippen LogP contribution in [0.25, 0.3) is 0 Å². The average Bonchev–Trinajstić information content (AvgIpc) is 3.65. The average molecular weight is 861 g/mol. The molecular formula is C51H68N6O6. The number of pyridine rings is 1. The van der Waals surface area contributed by atoms with Gasteiger partial charge in [-0.25, -0.2) is 4.98 Å². The summed E-state index contributed by atoms with van der Waals surface area (Å²) in [5.41, 5.74) is 9.24. The topological polar surface area (TPSA) is 105 Å². The van der Waals surface area contributed by atoms with E-state index in [9.17, 15) is 5.26 Å². The molecule has 1 unspecified atom stereocenters. The fraction of sp³-hybridized carbons (Fsp3) is 0.647. The molecular weight excluding hydrogens is 793 g/mol. The van der Waals surface area contributed by atoms with Crippen molar-refractivity contribution < 1.29 is 28.4 Å². The zero-order valence-electron chi connectivity index (χ0n) is 39.1. The third kappa shape index (κ3) is 7.30. The summed E-state index contributed by atoms with van der Waals surface area (Å²) in [6, 6.07) is 8.18. The SMILES string of the molecule is COc1cc2c(c(CN3CCC(N4CCOCC4)CC3)c1OC)C1(CC2(C)C)CC(C)(C)c2cc3c(c(CN4CCC(N5CCOCC5)CC4)c21)Oc1c(nc(C)c(C)c1C#N)O3. The van der Waals surface area contributed by atoms with Crippen LogP contribution in [0.5, 0.6) is 34.6 Å². The van der Waals surface area contributed by atoms with Gasteiger partial charge in [0.15, 0.2) is 23.0 Å². The Morgan fingerprint density at radius 1 is 0.698 bits per heavy atom. The van der Waals surface area contributed by atoms with Crippen LogP contribution >= 0.6 is 0 Å². The Morgan fingerprint density at radius 2 is 1.22 bits per heavy atom. The highest BCUT2D eigenvalue weighted by Gasteiger charge is 2.60. The highest BCUT2D eigenvalue weighted by atomic mass is 16.6. The van der Waals surface area contributed by atoms with E-state index < -0.39 is 0 Å². The number of piperidine rings is 2. The van der Waals surface area contributed by atoms with Gasteiger partial charge in [-0.2, -0.15) is 5.26 Å². The number of benzene rings is 2. The number of hydrogen-bond donors (Lipinski definition) is 0. The van der Waals surface area contributed by atoms with E-state index in [1.54, 1.807) is 7.11 Å². The minimum Gasteiger partial charge on any atom is -0.493 e. The molecule has 63 heavy (non-hydrogen) atoms. The Labute approximate surface area is 374 Å². The smallest absolute Gasteiger partial charge is 0.265 e. The number of morpholine rings is 2. The Bertz CT molecular complexity index is 2290. The molecule has 12 nitrogen and oxygen atoms in total. The van der Waals surface area contributed by atoms with Gasteiger partial charge in [0.2, 0.25) is 5.75 Å². The van der Waals surface area contributed by atoms with E-state index in [1.807, 2.05) is 21.0 Å². The molecule has 2 aliphatic carbocycles. The first-order chi connectivity index (χ1) is 30.4. The molecule has 0 saturated carbocycles. The minimum atomic E-state index is -0.349. The molecule has 1 aromatic heterocycles. The fourth-order valence-corrected chi connectivity index (χ4v) is 13.1. The van der Waals surface area contributed by atoms with Crippen molar-refractivity contribution in [3.63, 3.8) is 0 Å². The van der Waals surface area contributed by atoms with Gasteiger partial charge in [-0.1, -0.05) is 27.7 Å². The molecule has 4 saturated heterocycles. The predicted octanol–water partition coefficient (Wildman–Crippen LogP) is 7.73. The van der Waals surface area contributed by atoms with Crippen molar-refractivity contribution in [2.24, 2.45) is 0 Å². The summed E-state index contributed by atoms with van der Waals surface area (Å²) in [5.74, 6) is 3.87. The highest BCUT2D eigenvalue weighted by molar-refractivity contribution is 5.73. The van der Waals surface area contributed by atoms with Crippen LogP contribution in [0.4, 0.5) is 0 Å². The van der Waals surface area contributed by atoms with Crippen LogP contribution in [0.2, 0.25) is 0 Å². The van der Waals surface area contributed by atoms with Gasteiger partial charge in [-0.05, 0) is 129 Å². The normalized spacial score (nSPS) is 25.1. The molecule has 0 bridgehead atoms. The molecule has 0 N–H and O–H groups in total. The predicted molar refractivity (Wildman–Crippen MR) is 242 cm³/mol. The quantitative estimate of drug-likeness (QED) is 0.173. The molecule has 1 atom stereocenters. The zero-order valence-corrected chi connectivity index (χ0v) is 39.1. The maximum Gasteiger partial charge on any atom is 0.265 e. The minimum absolute atomic E-state index is 0.162. The first-order valence-corrected chi connectivity index (χ1v) is 23.7. The summed E-state index contributed by atoms with van der Waals surface area (Å²) in [6.45, 7) is 26.6. The summed E-state index contributed by atoms with van der Waals surface area (Å²) < 4.78 is 38.1. The summed E-state index contributed by atoms with van der Waals surface area (Å²) in [6.07, 6.45) is 6.42. The Hall–Kier alpha value is -3.96. The van der Waals surface area contributed by atoms with E-state index in [2.05, 4.69) is 65.5 Å². The van der Waals surface area contributed by atoms with E-state index in [0.717, 1.165) is 159 Å². The van der Waals surface area contributed by atoms with Crippen molar-refractivity contribution >= 4 is 0 Å². The monoisotopic (exact) mass is 861 g/mol. The van der Waals surface area contributed by atoms with Gasteiger partial charge in [0.1, 0.15) is 11.6 Å². The maximum absolute atomic E-state index is 10.5. The second-order valence-electron chi connectivity index (χ2n) is 20.8. The first-order valence-electron chi connectivity index (χ1n) is 23.7. The summed E-state index contributed by atoms with van der Waals surface area (Å²) in [4.78, 5) is 15.4. The van der Waals surface area contributed by atoms with Gasteiger partial charge in [0.05, 0.1) is 40.6 Å². The van der Waals surface area contributed by atoms with Crippen molar-refractivity contribution in [3.05, 3.63) is 62.3 Å². The van der Waals surface area contributed by atoms with E-state index in [-0.39, 0.29) is 16.2 Å². The largest absolute Gasteiger partial charge is 0.493 e. The van der Waals surface area contributed by atoms with Gasteiger partial charge in [0, 0.05) is 73.6 Å². The number of likely N-dealkylation sites (tertiary alicyclic amines) is 2. The number of nitrogens with zero attached hydrogens (tertiary/aromatic N) is 6. The Kier molecular flexibility index (Phi) is 11.2. The fourth-order valence-electron chi connectivity index (χ4n) is 13.1. The van der Waals surface area contributed by atoms with Crippen molar-refractivity contribution in [1.82, 2.24) is 24.6 Å². The third-order valence-corrected chi connectivity index (χ3v) is 16.1. The number of aryl methyl sites for hydroxylation is 1. The lowest BCUT2D eigenvalue weighted by Crippen LogP contribution is -2.49. The van der Waals surface area contributed by atoms with Crippen LogP contribution in [-0.4, -0.2) is 130 Å². The molecule has 1 spiro atoms. The van der Waals surface area contributed by atoms with Gasteiger partial charge in [0.25, 0.3) is 5.88 Å². The van der Waals surface area contributed by atoms with Crippen LogP contribution < -0.4 is 18.9 Å². The Morgan fingerprint density at radius 3 is 1.75 bits per heavy atom. The molecule has 12 heteroatoms. The molecule has 5 aliphatic heterocycles. The van der Waals surface area contributed by atoms with Gasteiger partial charge in [-0.15, -0.1) is 0 Å². The standard InChI is InChI=1S/C51H68N6O6/c1-32-33(2)53-48-47(36(32)27-52)63-46-38(29-55-15-11-35(12-16-55)57-19-23-61-24-20-57)44-40(26-42(46)62-48)50(5,6)31-51(44)30-49(3,4)39-25-41(58-7)45(59-8)37(43(39)51)28-54-13-9-34(10-14-54)56-17-21-60-22-18-56/h25-26,34-35H,9-24,28-31H2,1-8H3. The van der Waals surface area contributed by atoms with Crippen LogP contribution in [0.15, 0.2) is 12.1 Å². The molecule has 7 aliphatic rings. The molecule has 0 amide bonds. The Balaban J connectivity index is 1.11. The molecule has 6 heterocycles. The molecule has 2 aromatic carbocycles. The molecule has 10 rings (SSSR count). The number of hydrogen-bond acceptors (Lipinski definition) is 12. The van der Waals surface area contributed by atoms with Crippen molar-refractivity contribution in [1.29, 1.82) is 5.26 Å². The second kappa shape index (κ2) is 16.5. The van der Waals surface area contributed by atoms with Crippen molar-refractivity contribution in [3.8, 4) is 40.7 Å². The van der Waals surface area contributed by atoms with Gasteiger partial charge < -0.3 is 28.4 Å². The lowest BCUT2D eigenvalue weighted by molar-refractivity contribution is 0.000118. The van der Waals surface area contributed by atoms with Gasteiger partial charge in [-0.3, -0.25) is 19.6 Å². The highest BCUT2D eigenvalue weighted by Crippen LogP contribution is 2.68. The van der Waals surface area contributed by atoms with Crippen molar-refractivity contribution in [2.75, 3.05) is 93.0 Å². The zero-order chi connectivity index (χ0) is 43.8. The van der Waals surface area contributed by atoms with E-state index in [0.29, 0.717) is 35.0 Å². The van der Waals surface area contributed by atoms with E-state index in [1.165, 1.54) is 33.4 Å². The number of ether oxygens (including phenoxy) is 6. The molecule has 3 aromatic rings. The van der Waals surface area contributed by atoms with E-state index in [4.69, 9.17) is 33.4 Å². The summed E-state index contributed by atoms with van der Waals surface area (Å²) in [5, 5.41) is 10.5. The van der Waals surface area contributed by atoms with Crippen molar-refractivity contribution in [2.45, 2.75) is 121 Å². The number of aromatic nitrogens is 1. The van der Waals surface area contributed by atoms with Crippen LogP contribution in [-0.2, 0) is 38.8 Å². The van der Waals surface area contributed by atoms with Crippen LogP contribution in [0, 0.1) is 25.2 Å². The third-order valence-electron chi connectivity index (χ3n) is 16.1. The van der Waals surface area contributed by atoms with Crippen LogP contribution in [0.3, 0.4) is 0 Å². The van der Waals surface area contributed by atoms with E-state index >= 15 is 0 Å². The number of rotatable bonds is 8. The summed E-state index contributed by atoms with van der Waals surface area (Å²) >= 11 is 0. The first kappa shape index (κ1) is 43.0.